The molecule has 1 aromatic carbocycles. The molecule has 1 aromatic rings. The number of aliphatic hydroxyl groups is 1. The van der Waals surface area contributed by atoms with Crippen molar-refractivity contribution in [1.29, 1.82) is 5.26 Å². The van der Waals surface area contributed by atoms with Gasteiger partial charge in [-0.3, -0.25) is 4.90 Å². The molecule has 1 aliphatic heterocycles. The third-order valence-electron chi connectivity index (χ3n) is 3.75. The van der Waals surface area contributed by atoms with E-state index < -0.39 is 0 Å². The summed E-state index contributed by atoms with van der Waals surface area (Å²) in [5.74, 6) is 0. The SMILES string of the molecule is N#Cc1ccc(CN2CCCC2CCCO)c(Br)c1. The first-order valence-electron chi connectivity index (χ1n) is 6.78. The Bertz CT molecular complexity index is 470. The predicted molar refractivity (Wildman–Crippen MR) is 78.6 cm³/mol. The molecule has 1 unspecified atom stereocenters. The molecule has 102 valence electrons. The van der Waals surface area contributed by atoms with Gasteiger partial charge in [0.1, 0.15) is 0 Å². The normalized spacial score (nSPS) is 19.5. The maximum absolute atomic E-state index is 8.95. The molecule has 1 fully saturated rings. The van der Waals surface area contributed by atoms with Crippen LogP contribution in [0.4, 0.5) is 0 Å². The van der Waals surface area contributed by atoms with Crippen LogP contribution in [0.1, 0.15) is 36.8 Å². The van der Waals surface area contributed by atoms with Crippen molar-refractivity contribution in [3.8, 4) is 6.07 Å². The van der Waals surface area contributed by atoms with Crippen molar-refractivity contribution in [2.24, 2.45) is 0 Å². The third-order valence-corrected chi connectivity index (χ3v) is 4.49. The lowest BCUT2D eigenvalue weighted by Crippen LogP contribution is -2.29. The van der Waals surface area contributed by atoms with E-state index in [0.29, 0.717) is 11.6 Å². The second kappa shape index (κ2) is 7.04. The molecule has 1 saturated heterocycles. The van der Waals surface area contributed by atoms with Crippen LogP contribution in [0.25, 0.3) is 0 Å². The highest BCUT2D eigenvalue weighted by molar-refractivity contribution is 9.10. The van der Waals surface area contributed by atoms with Gasteiger partial charge in [-0.2, -0.15) is 5.26 Å². The highest BCUT2D eigenvalue weighted by Crippen LogP contribution is 2.26. The summed E-state index contributed by atoms with van der Waals surface area (Å²) in [7, 11) is 0. The van der Waals surface area contributed by atoms with Gasteiger partial charge in [0.25, 0.3) is 0 Å². The first-order valence-corrected chi connectivity index (χ1v) is 7.57. The number of rotatable bonds is 5. The quantitative estimate of drug-likeness (QED) is 0.906. The van der Waals surface area contributed by atoms with Gasteiger partial charge in [0.15, 0.2) is 0 Å². The number of hydrogen-bond donors (Lipinski definition) is 1. The highest BCUT2D eigenvalue weighted by Gasteiger charge is 2.24. The van der Waals surface area contributed by atoms with Crippen LogP contribution < -0.4 is 0 Å². The molecule has 0 aliphatic carbocycles. The van der Waals surface area contributed by atoms with Gasteiger partial charge in [0, 0.05) is 23.7 Å². The number of nitrogens with zero attached hydrogens (tertiary/aromatic N) is 2. The molecule has 1 aliphatic rings. The van der Waals surface area contributed by atoms with Crippen molar-refractivity contribution in [3.05, 3.63) is 33.8 Å². The molecule has 1 N–H and O–H groups in total. The zero-order valence-corrected chi connectivity index (χ0v) is 12.6. The molecule has 1 atom stereocenters. The fourth-order valence-corrected chi connectivity index (χ4v) is 3.23. The van der Waals surface area contributed by atoms with Crippen molar-refractivity contribution in [2.75, 3.05) is 13.2 Å². The largest absolute Gasteiger partial charge is 0.396 e. The summed E-state index contributed by atoms with van der Waals surface area (Å²) in [5, 5.41) is 17.8. The van der Waals surface area contributed by atoms with Crippen LogP contribution in [-0.4, -0.2) is 29.2 Å². The zero-order valence-electron chi connectivity index (χ0n) is 11.0. The highest BCUT2D eigenvalue weighted by atomic mass is 79.9. The Morgan fingerprint density at radius 1 is 1.47 bits per heavy atom. The number of hydrogen-bond acceptors (Lipinski definition) is 3. The molecule has 0 amide bonds. The van der Waals surface area contributed by atoms with Crippen LogP contribution in [0.5, 0.6) is 0 Å². The number of benzene rings is 1. The summed E-state index contributed by atoms with van der Waals surface area (Å²) < 4.78 is 1.01. The van der Waals surface area contributed by atoms with Gasteiger partial charge < -0.3 is 5.11 Å². The van der Waals surface area contributed by atoms with Gasteiger partial charge in [0.2, 0.25) is 0 Å². The van der Waals surface area contributed by atoms with Crippen LogP contribution in [-0.2, 0) is 6.54 Å². The van der Waals surface area contributed by atoms with E-state index in [1.807, 2.05) is 18.2 Å². The molecule has 1 heterocycles. The Balaban J connectivity index is 2.02. The maximum atomic E-state index is 8.95. The van der Waals surface area contributed by atoms with Gasteiger partial charge in [-0.15, -0.1) is 0 Å². The molecule has 0 bridgehead atoms. The number of nitriles is 1. The lowest BCUT2D eigenvalue weighted by atomic mass is 10.1. The number of halogens is 1. The van der Waals surface area contributed by atoms with Crippen LogP contribution in [0.2, 0.25) is 0 Å². The van der Waals surface area contributed by atoms with Crippen molar-refractivity contribution >= 4 is 15.9 Å². The molecule has 0 spiro atoms. The Labute approximate surface area is 123 Å². The minimum atomic E-state index is 0.283. The van der Waals surface area contributed by atoms with Crippen LogP contribution >= 0.6 is 15.9 Å². The third kappa shape index (κ3) is 3.79. The van der Waals surface area contributed by atoms with E-state index in [0.717, 1.165) is 30.4 Å². The molecule has 0 radical (unpaired) electrons. The van der Waals surface area contributed by atoms with Crippen LogP contribution in [0.3, 0.4) is 0 Å². The standard InChI is InChI=1S/C15H19BrN2O/c16-15-9-12(10-17)5-6-13(15)11-18-7-1-3-14(18)4-2-8-19/h5-6,9,14,19H,1-4,7-8,11H2. The Morgan fingerprint density at radius 2 is 2.32 bits per heavy atom. The fourth-order valence-electron chi connectivity index (χ4n) is 2.72. The molecule has 4 heteroatoms. The van der Waals surface area contributed by atoms with E-state index >= 15 is 0 Å². The van der Waals surface area contributed by atoms with Gasteiger partial charge in [-0.25, -0.2) is 0 Å². The summed E-state index contributed by atoms with van der Waals surface area (Å²) in [6, 6.07) is 8.54. The van der Waals surface area contributed by atoms with E-state index in [1.54, 1.807) is 0 Å². The van der Waals surface area contributed by atoms with Crippen molar-refractivity contribution in [1.82, 2.24) is 4.90 Å². The van der Waals surface area contributed by atoms with Gasteiger partial charge in [0.05, 0.1) is 11.6 Å². The first-order chi connectivity index (χ1) is 9.24. The van der Waals surface area contributed by atoms with Crippen LogP contribution in [0.15, 0.2) is 22.7 Å². The second-order valence-corrected chi connectivity index (χ2v) is 5.90. The Kier molecular flexibility index (Phi) is 5.38. The summed E-state index contributed by atoms with van der Waals surface area (Å²) in [6.07, 6.45) is 4.43. The minimum absolute atomic E-state index is 0.283. The molecule has 19 heavy (non-hydrogen) atoms. The Hall–Kier alpha value is -0.890. The fraction of sp³-hybridized carbons (Fsp3) is 0.533. The molecular weight excluding hydrogens is 304 g/mol. The number of likely N-dealkylation sites (tertiary alicyclic amines) is 1. The molecule has 3 nitrogen and oxygen atoms in total. The van der Waals surface area contributed by atoms with Crippen molar-refractivity contribution < 1.29 is 5.11 Å². The Morgan fingerprint density at radius 3 is 3.00 bits per heavy atom. The maximum Gasteiger partial charge on any atom is 0.0992 e. The molecule has 2 rings (SSSR count). The second-order valence-electron chi connectivity index (χ2n) is 5.05. The number of aliphatic hydroxyl groups excluding tert-OH is 1. The minimum Gasteiger partial charge on any atom is -0.396 e. The van der Waals surface area contributed by atoms with Gasteiger partial charge >= 0.3 is 0 Å². The van der Waals surface area contributed by atoms with E-state index in [9.17, 15) is 0 Å². The van der Waals surface area contributed by atoms with Crippen LogP contribution in [0, 0.1) is 11.3 Å². The van der Waals surface area contributed by atoms with Gasteiger partial charge in [-0.05, 0) is 49.9 Å². The monoisotopic (exact) mass is 322 g/mol. The molecular formula is C15H19BrN2O. The zero-order chi connectivity index (χ0) is 13.7. The summed E-state index contributed by atoms with van der Waals surface area (Å²) in [6.45, 7) is 2.33. The molecule has 0 saturated carbocycles. The smallest absolute Gasteiger partial charge is 0.0992 e. The van der Waals surface area contributed by atoms with E-state index in [4.69, 9.17) is 10.4 Å². The average Bonchev–Trinajstić information content (AvgIpc) is 2.86. The van der Waals surface area contributed by atoms with E-state index in [1.165, 1.54) is 18.4 Å². The first kappa shape index (κ1) is 14.5. The lowest BCUT2D eigenvalue weighted by Gasteiger charge is -2.24. The predicted octanol–water partition coefficient (Wildman–Crippen LogP) is 3.06. The summed E-state index contributed by atoms with van der Waals surface area (Å²) >= 11 is 3.55. The topological polar surface area (TPSA) is 47.3 Å². The van der Waals surface area contributed by atoms with Crippen molar-refractivity contribution in [3.63, 3.8) is 0 Å². The summed E-state index contributed by atoms with van der Waals surface area (Å²) in [5.41, 5.74) is 1.92. The van der Waals surface area contributed by atoms with E-state index in [2.05, 4.69) is 26.9 Å². The molecule has 0 aromatic heterocycles. The lowest BCUT2D eigenvalue weighted by molar-refractivity contribution is 0.210. The average molecular weight is 323 g/mol. The summed E-state index contributed by atoms with van der Waals surface area (Å²) in [4.78, 5) is 2.49. The van der Waals surface area contributed by atoms with E-state index in [-0.39, 0.29) is 6.61 Å². The van der Waals surface area contributed by atoms with Crippen molar-refractivity contribution in [2.45, 2.75) is 38.3 Å². The van der Waals surface area contributed by atoms with Gasteiger partial charge in [-0.1, -0.05) is 22.0 Å².